The average Bonchev–Trinajstić information content (AvgIpc) is 2.33. The zero-order chi connectivity index (χ0) is 12.0. The van der Waals surface area contributed by atoms with Crippen LogP contribution in [0.5, 0.6) is 11.5 Å². The van der Waals surface area contributed by atoms with Gasteiger partial charge in [0, 0.05) is 17.5 Å². The van der Waals surface area contributed by atoms with E-state index >= 15 is 0 Å². The minimum Gasteiger partial charge on any atom is -0.504 e. The average molecular weight is 226 g/mol. The summed E-state index contributed by atoms with van der Waals surface area (Å²) in [5, 5.41) is 21.5. The van der Waals surface area contributed by atoms with Crippen molar-refractivity contribution in [2.45, 2.75) is 6.92 Å². The summed E-state index contributed by atoms with van der Waals surface area (Å²) >= 11 is 0. The van der Waals surface area contributed by atoms with Crippen molar-refractivity contribution in [3.8, 4) is 11.5 Å². The molecular formula is C14H12NO2+. The summed E-state index contributed by atoms with van der Waals surface area (Å²) in [6.07, 6.45) is 3.69. The van der Waals surface area contributed by atoms with E-state index in [1.165, 1.54) is 11.6 Å². The summed E-state index contributed by atoms with van der Waals surface area (Å²) in [5.74, 6) is -0.187. The summed E-state index contributed by atoms with van der Waals surface area (Å²) in [5.41, 5.74) is 1.78. The van der Waals surface area contributed by atoms with E-state index in [-0.39, 0.29) is 11.5 Å². The molecule has 0 bridgehead atoms. The molecule has 0 radical (unpaired) electrons. The number of rotatable bonds is 0. The third-order valence-electron chi connectivity index (χ3n) is 3.07. The van der Waals surface area contributed by atoms with E-state index in [2.05, 4.69) is 13.0 Å². The lowest BCUT2D eigenvalue weighted by molar-refractivity contribution is -0.510. The van der Waals surface area contributed by atoms with Crippen LogP contribution in [0.2, 0.25) is 0 Å². The van der Waals surface area contributed by atoms with Crippen LogP contribution in [0.25, 0.3) is 16.3 Å². The number of aromatic hydroxyl groups is 2. The van der Waals surface area contributed by atoms with Crippen molar-refractivity contribution < 1.29 is 14.6 Å². The lowest BCUT2D eigenvalue weighted by atomic mass is 10.1. The van der Waals surface area contributed by atoms with Gasteiger partial charge in [0.05, 0.1) is 0 Å². The quantitative estimate of drug-likeness (QED) is 0.456. The summed E-state index contributed by atoms with van der Waals surface area (Å²) in [7, 11) is 0. The molecule has 2 N–H and O–H groups in total. The summed E-state index contributed by atoms with van der Waals surface area (Å²) < 4.78 is 1.81. The van der Waals surface area contributed by atoms with Crippen molar-refractivity contribution in [2.24, 2.45) is 0 Å². The van der Waals surface area contributed by atoms with Crippen LogP contribution in [0.3, 0.4) is 0 Å². The number of hydrogen-bond acceptors (Lipinski definition) is 2. The molecular weight excluding hydrogens is 214 g/mol. The standard InChI is InChI=1S/C14H11NO2/c1-9-3-2-4-10-7-12-14(17)13(16)5-6-15(12)8-11(9)10/h2-8,17H,1H3/p+1. The van der Waals surface area contributed by atoms with Crippen LogP contribution >= 0.6 is 0 Å². The van der Waals surface area contributed by atoms with Crippen molar-refractivity contribution >= 4 is 16.3 Å². The maximum Gasteiger partial charge on any atom is 0.257 e. The summed E-state index contributed by atoms with van der Waals surface area (Å²) in [4.78, 5) is 0. The first-order valence-corrected chi connectivity index (χ1v) is 5.42. The molecule has 0 fully saturated rings. The van der Waals surface area contributed by atoms with Crippen LogP contribution < -0.4 is 4.40 Å². The van der Waals surface area contributed by atoms with Crippen LogP contribution in [0.1, 0.15) is 5.56 Å². The van der Waals surface area contributed by atoms with Crippen molar-refractivity contribution in [3.05, 3.63) is 48.3 Å². The molecule has 0 unspecified atom stereocenters. The van der Waals surface area contributed by atoms with Gasteiger partial charge in [-0.25, -0.2) is 0 Å². The number of aryl methyl sites for hydroxylation is 1. The molecule has 2 heterocycles. The fourth-order valence-corrected chi connectivity index (χ4v) is 2.11. The Morgan fingerprint density at radius 2 is 1.94 bits per heavy atom. The Bertz CT molecular complexity index is 735. The van der Waals surface area contributed by atoms with E-state index in [1.807, 2.05) is 28.8 Å². The van der Waals surface area contributed by atoms with Crippen molar-refractivity contribution in [1.82, 2.24) is 0 Å². The summed E-state index contributed by atoms with van der Waals surface area (Å²) in [6.45, 7) is 2.05. The SMILES string of the molecule is Cc1cccc2cc3c(O)c(O)cc[n+]3cc12. The number of hydrogen-bond donors (Lipinski definition) is 2. The molecule has 0 aliphatic heterocycles. The van der Waals surface area contributed by atoms with Gasteiger partial charge in [-0.15, -0.1) is 0 Å². The molecule has 84 valence electrons. The van der Waals surface area contributed by atoms with Gasteiger partial charge < -0.3 is 10.2 Å². The molecule has 3 nitrogen and oxygen atoms in total. The molecule has 0 amide bonds. The van der Waals surface area contributed by atoms with E-state index < -0.39 is 0 Å². The lowest BCUT2D eigenvalue weighted by Gasteiger charge is -2.02. The van der Waals surface area contributed by atoms with Gasteiger partial charge in [0.1, 0.15) is 0 Å². The van der Waals surface area contributed by atoms with E-state index in [0.29, 0.717) is 5.52 Å². The maximum atomic E-state index is 9.82. The second kappa shape index (κ2) is 3.35. The predicted molar refractivity (Wildman–Crippen MR) is 65.2 cm³/mol. The molecule has 0 spiro atoms. The summed E-state index contributed by atoms with van der Waals surface area (Å²) in [6, 6.07) is 9.37. The van der Waals surface area contributed by atoms with Crippen LogP contribution in [-0.4, -0.2) is 10.2 Å². The minimum absolute atomic E-state index is 0.0871. The fraction of sp³-hybridized carbons (Fsp3) is 0.0714. The monoisotopic (exact) mass is 226 g/mol. The Balaban J connectivity index is 2.52. The molecule has 2 aromatic heterocycles. The predicted octanol–water partition coefficient (Wildman–Crippen LogP) is 2.30. The van der Waals surface area contributed by atoms with E-state index in [0.717, 1.165) is 10.8 Å². The zero-order valence-corrected chi connectivity index (χ0v) is 9.38. The topological polar surface area (TPSA) is 44.6 Å². The number of fused-ring (bicyclic) bond motifs is 2. The third-order valence-corrected chi connectivity index (χ3v) is 3.07. The molecule has 3 rings (SSSR count). The van der Waals surface area contributed by atoms with Gasteiger partial charge in [0.25, 0.3) is 5.52 Å². The van der Waals surface area contributed by atoms with Crippen LogP contribution in [0, 0.1) is 6.92 Å². The maximum absolute atomic E-state index is 9.82. The Morgan fingerprint density at radius 3 is 2.76 bits per heavy atom. The Labute approximate surface area is 98.2 Å². The molecule has 3 aromatic rings. The van der Waals surface area contributed by atoms with Crippen LogP contribution in [-0.2, 0) is 0 Å². The number of pyridine rings is 2. The molecule has 0 saturated carbocycles. The minimum atomic E-state index is -0.1000. The molecule has 3 heteroatoms. The largest absolute Gasteiger partial charge is 0.504 e. The van der Waals surface area contributed by atoms with Gasteiger partial charge >= 0.3 is 0 Å². The first kappa shape index (κ1) is 9.90. The second-order valence-corrected chi connectivity index (χ2v) is 4.19. The highest BCUT2D eigenvalue weighted by Crippen LogP contribution is 2.28. The third kappa shape index (κ3) is 1.40. The molecule has 0 saturated heterocycles. The zero-order valence-electron chi connectivity index (χ0n) is 9.38. The van der Waals surface area contributed by atoms with Crippen LogP contribution in [0.4, 0.5) is 0 Å². The van der Waals surface area contributed by atoms with Gasteiger partial charge in [-0.3, -0.25) is 0 Å². The normalized spacial score (nSPS) is 11.1. The highest BCUT2D eigenvalue weighted by atomic mass is 16.3. The molecule has 0 aliphatic carbocycles. The molecule has 17 heavy (non-hydrogen) atoms. The lowest BCUT2D eigenvalue weighted by Crippen LogP contribution is -2.20. The highest BCUT2D eigenvalue weighted by Gasteiger charge is 2.14. The van der Waals surface area contributed by atoms with Gasteiger partial charge in [0.15, 0.2) is 18.1 Å². The van der Waals surface area contributed by atoms with E-state index in [4.69, 9.17) is 0 Å². The van der Waals surface area contributed by atoms with Crippen molar-refractivity contribution in [2.75, 3.05) is 0 Å². The number of nitrogens with zero attached hydrogens (tertiary/aromatic N) is 1. The first-order chi connectivity index (χ1) is 8.16. The molecule has 1 aromatic carbocycles. The van der Waals surface area contributed by atoms with Gasteiger partial charge in [-0.05, 0) is 17.9 Å². The van der Waals surface area contributed by atoms with Crippen molar-refractivity contribution in [1.29, 1.82) is 0 Å². The molecule has 0 atom stereocenters. The smallest absolute Gasteiger partial charge is 0.257 e. The van der Waals surface area contributed by atoms with Gasteiger partial charge in [0.2, 0.25) is 5.75 Å². The van der Waals surface area contributed by atoms with Gasteiger partial charge in [-0.1, -0.05) is 18.2 Å². The van der Waals surface area contributed by atoms with Crippen molar-refractivity contribution in [3.63, 3.8) is 0 Å². The van der Waals surface area contributed by atoms with E-state index in [9.17, 15) is 10.2 Å². The highest BCUT2D eigenvalue weighted by molar-refractivity contribution is 5.87. The fourth-order valence-electron chi connectivity index (χ4n) is 2.11. The number of benzene rings is 1. The van der Waals surface area contributed by atoms with Crippen LogP contribution in [0.15, 0.2) is 42.7 Å². The van der Waals surface area contributed by atoms with E-state index in [1.54, 1.807) is 6.20 Å². The molecule has 0 aliphatic rings. The Kier molecular flexibility index (Phi) is 1.95. The number of aromatic nitrogens is 1. The Hall–Kier alpha value is -2.29. The van der Waals surface area contributed by atoms with Gasteiger partial charge in [-0.2, -0.15) is 4.40 Å². The Morgan fingerprint density at radius 1 is 1.12 bits per heavy atom. The first-order valence-electron chi connectivity index (χ1n) is 5.42. The second-order valence-electron chi connectivity index (χ2n) is 4.19.